The molecule has 0 spiro atoms. The lowest BCUT2D eigenvalue weighted by Crippen LogP contribution is -2.61. The average molecular weight is 1670 g/mol. The van der Waals surface area contributed by atoms with Crippen molar-refractivity contribution in [3.05, 3.63) is 392 Å². The minimum absolute atomic E-state index is 0.0594. The standard InChI is InChI=1S/C118H97BN10/c1-115(2,3)82-50-35-49-80(65-82)81-57-61-96-102(66-81)128(108-92(74-37-19-13-20-38-74)69-85(118(10,11)12)70-93(108)75-39-21-14-22-40-75)104-72-87(127-98-55-33-31-51-88(98)89-52-32-34-56-99(89)127)73-105-106(104)119(96)97-62-60-86(126-100-63-58-83(116(4,5)6)67-94(100)95-68-84(117(7,8)9)59-64-101(95)126)71-103(97)129(105)107-90(113-122-109(76-41-23-15-24-42-76)120-110(123-113)77-43-25-16-26-44-77)53-36-54-91(107)114-124-111(78-45-27-17-28-46-78)121-112(125-114)79-47-29-18-30-48-79/h13-73H,1-12H3/i31D,32D,33D,34D,51D,52D,55D,56D. The van der Waals surface area contributed by atoms with Gasteiger partial charge in [-0.05, 0) is 174 Å². The van der Waals surface area contributed by atoms with E-state index in [0.29, 0.717) is 57.2 Å². The third-order valence-electron chi connectivity index (χ3n) is 25.7. The Kier molecular flexibility index (Phi) is 17.0. The topological polar surface area (TPSA) is 93.7 Å². The molecular formula is C118H97BN10. The molecule has 0 unspecified atom stereocenters. The zero-order valence-corrected chi connectivity index (χ0v) is 74.1. The molecule has 0 saturated heterocycles. The first kappa shape index (κ1) is 71.0. The fourth-order valence-electron chi connectivity index (χ4n) is 19.0. The summed E-state index contributed by atoms with van der Waals surface area (Å²) in [7, 11) is 0. The van der Waals surface area contributed by atoms with Gasteiger partial charge in [0.2, 0.25) is 0 Å². The van der Waals surface area contributed by atoms with Crippen molar-refractivity contribution < 1.29 is 11.0 Å². The first-order valence-electron chi connectivity index (χ1n) is 48.3. The summed E-state index contributed by atoms with van der Waals surface area (Å²) < 4.78 is 84.1. The van der Waals surface area contributed by atoms with Gasteiger partial charge in [0, 0.05) is 94.5 Å². The SMILES string of the molecule is [2H]c1c([2H])c([2H])c2c(c1[2H])c1c([2H])c([2H])c([2H])c([2H])c1n2-c1cc2c3c(c1)N(c1c(-c4nc(-c5ccccc5)nc(-c5ccccc5)n4)cccc1-c1nc(-c4ccccc4)nc(-c4ccccc4)n1)c1cc(-n4c5ccc(C(C)(C)C)cc5c5cc(C(C)(C)C)ccc54)ccc1B3c1ccc(-c3cccc(C(C)(C)C)c3)cc1N2c1c(-c2ccccc2)cc(C(C)(C)C)cc1-c1ccccc1. The zero-order chi connectivity index (χ0) is 94.9. The molecule has 11 heteroatoms. The number of nitrogens with zero attached hydrogens (tertiary/aromatic N) is 10. The number of hydrogen-bond donors (Lipinski definition) is 0. The second-order valence-corrected chi connectivity index (χ2v) is 38.1. The van der Waals surface area contributed by atoms with Crippen molar-refractivity contribution in [2.45, 2.75) is 105 Å². The molecule has 20 aromatic rings. The smallest absolute Gasteiger partial charge is 0.252 e. The molecule has 0 amide bonds. The van der Waals surface area contributed by atoms with E-state index in [4.69, 9.17) is 29.9 Å². The van der Waals surface area contributed by atoms with Gasteiger partial charge in [0.1, 0.15) is 0 Å². The van der Waals surface area contributed by atoms with Crippen molar-refractivity contribution in [1.29, 1.82) is 0 Å². The van der Waals surface area contributed by atoms with E-state index in [9.17, 15) is 11.0 Å². The van der Waals surface area contributed by atoms with Crippen molar-refractivity contribution >= 4 is 101 Å². The Bertz CT molecular complexity index is 7880. The highest BCUT2D eigenvalue weighted by molar-refractivity contribution is 7.00. The molecule has 6 heterocycles. The van der Waals surface area contributed by atoms with Crippen LogP contribution in [0, 0.1) is 0 Å². The van der Waals surface area contributed by atoms with Gasteiger partial charge in [0.05, 0.1) is 50.1 Å². The molecule has 0 aliphatic carbocycles. The number of rotatable bonds is 13. The van der Waals surface area contributed by atoms with E-state index in [-0.39, 0.29) is 55.4 Å². The highest BCUT2D eigenvalue weighted by Crippen LogP contribution is 2.56. The number of anilines is 6. The molecule has 0 atom stereocenters. The number of hydrogen-bond acceptors (Lipinski definition) is 8. The molecule has 622 valence electrons. The van der Waals surface area contributed by atoms with Gasteiger partial charge in [-0.2, -0.15) is 0 Å². The molecule has 0 radical (unpaired) electrons. The molecule has 2 aliphatic rings. The van der Waals surface area contributed by atoms with Crippen molar-refractivity contribution in [3.8, 4) is 113 Å². The summed E-state index contributed by atoms with van der Waals surface area (Å²) >= 11 is 0. The third kappa shape index (κ3) is 14.0. The molecule has 129 heavy (non-hydrogen) atoms. The molecule has 0 bridgehead atoms. The van der Waals surface area contributed by atoms with E-state index < -0.39 is 60.5 Å². The van der Waals surface area contributed by atoms with Gasteiger partial charge in [0.15, 0.2) is 34.9 Å². The molecule has 22 rings (SSSR count). The third-order valence-corrected chi connectivity index (χ3v) is 25.7. The van der Waals surface area contributed by atoms with Crippen LogP contribution in [0.2, 0.25) is 0 Å². The molecular weight excluding hydrogens is 1570 g/mol. The van der Waals surface area contributed by atoms with Crippen LogP contribution in [-0.2, 0) is 21.7 Å². The predicted octanol–water partition coefficient (Wildman–Crippen LogP) is 28.5. The van der Waals surface area contributed by atoms with Gasteiger partial charge in [-0.25, -0.2) is 29.9 Å². The lowest BCUT2D eigenvalue weighted by molar-refractivity contribution is 0.590. The van der Waals surface area contributed by atoms with E-state index >= 15 is 0 Å². The van der Waals surface area contributed by atoms with Crippen LogP contribution in [0.15, 0.2) is 370 Å². The van der Waals surface area contributed by atoms with Crippen LogP contribution in [0.4, 0.5) is 34.1 Å². The minimum Gasteiger partial charge on any atom is -0.310 e. The Hall–Kier alpha value is -15.2. The van der Waals surface area contributed by atoms with E-state index in [1.165, 1.54) is 11.1 Å². The second-order valence-electron chi connectivity index (χ2n) is 38.1. The van der Waals surface area contributed by atoms with E-state index in [1.807, 2.05) is 140 Å². The highest BCUT2D eigenvalue weighted by Gasteiger charge is 2.47. The fraction of sp³-hybridized carbons (Fsp3) is 0.136. The van der Waals surface area contributed by atoms with Gasteiger partial charge in [0.25, 0.3) is 6.71 Å². The maximum absolute atomic E-state index is 10.5. The van der Waals surface area contributed by atoms with Crippen molar-refractivity contribution in [2.24, 2.45) is 0 Å². The number of para-hydroxylation sites is 3. The highest BCUT2D eigenvalue weighted by atomic mass is 15.2. The van der Waals surface area contributed by atoms with Gasteiger partial charge in [-0.1, -0.05) is 362 Å². The molecule has 0 fully saturated rings. The molecule has 0 saturated carbocycles. The molecule has 4 aromatic heterocycles. The van der Waals surface area contributed by atoms with Gasteiger partial charge >= 0.3 is 0 Å². The van der Waals surface area contributed by atoms with Gasteiger partial charge in [-0.15, -0.1) is 0 Å². The van der Waals surface area contributed by atoms with Crippen LogP contribution in [0.1, 0.15) is 116 Å². The van der Waals surface area contributed by atoms with Crippen LogP contribution >= 0.6 is 0 Å². The quantitative estimate of drug-likeness (QED) is 0.105. The van der Waals surface area contributed by atoms with Crippen molar-refractivity contribution in [3.63, 3.8) is 0 Å². The number of fused-ring (bicyclic) bond motifs is 10. The zero-order valence-electron chi connectivity index (χ0n) is 82.1. The van der Waals surface area contributed by atoms with Crippen LogP contribution in [0.3, 0.4) is 0 Å². The Morgan fingerprint density at radius 2 is 0.581 bits per heavy atom. The van der Waals surface area contributed by atoms with Crippen molar-refractivity contribution in [1.82, 2.24) is 39.0 Å². The largest absolute Gasteiger partial charge is 0.310 e. The maximum atomic E-state index is 10.5. The van der Waals surface area contributed by atoms with Crippen LogP contribution in [-0.4, -0.2) is 45.8 Å². The van der Waals surface area contributed by atoms with Crippen LogP contribution < -0.4 is 26.2 Å². The summed E-state index contributed by atoms with van der Waals surface area (Å²) in [6.07, 6.45) is 0. The molecule has 10 nitrogen and oxygen atoms in total. The normalized spacial score (nSPS) is 13.6. The first-order valence-corrected chi connectivity index (χ1v) is 44.3. The van der Waals surface area contributed by atoms with E-state index in [2.05, 4.69) is 279 Å². The van der Waals surface area contributed by atoms with Gasteiger partial charge < -0.3 is 18.9 Å². The Morgan fingerprint density at radius 1 is 0.240 bits per heavy atom. The first-order chi connectivity index (χ1) is 65.8. The summed E-state index contributed by atoms with van der Waals surface area (Å²) in [5, 5.41) is 2.02. The van der Waals surface area contributed by atoms with E-state index in [1.54, 1.807) is 4.57 Å². The molecule has 16 aromatic carbocycles. The minimum atomic E-state index is -0.701. The average Bonchev–Trinajstić information content (AvgIpc) is 1.65. The lowest BCUT2D eigenvalue weighted by Gasteiger charge is -2.46. The maximum Gasteiger partial charge on any atom is 0.252 e. The molecule has 2 aliphatic heterocycles. The summed E-state index contributed by atoms with van der Waals surface area (Å²) in [6, 6.07) is 108. The Morgan fingerprint density at radius 3 is 1.01 bits per heavy atom. The van der Waals surface area contributed by atoms with Crippen LogP contribution in [0.25, 0.3) is 157 Å². The summed E-state index contributed by atoms with van der Waals surface area (Å²) in [6.45, 7) is 26.3. The lowest BCUT2D eigenvalue weighted by atomic mass is 9.33. The molecule has 0 N–H and O–H groups in total. The monoisotopic (exact) mass is 1670 g/mol. The summed E-state index contributed by atoms with van der Waals surface area (Å²) in [5.41, 5.74) is 22.7. The predicted molar refractivity (Wildman–Crippen MR) is 540 cm³/mol. The second kappa shape index (κ2) is 30.8. The van der Waals surface area contributed by atoms with Crippen molar-refractivity contribution in [2.75, 3.05) is 9.80 Å². The number of benzene rings is 16. The number of aromatic nitrogens is 8. The van der Waals surface area contributed by atoms with Gasteiger partial charge in [-0.3, -0.25) is 0 Å². The van der Waals surface area contributed by atoms with Crippen LogP contribution in [0.5, 0.6) is 0 Å². The Labute approximate surface area is 766 Å². The Balaban J connectivity index is 0.989. The summed E-state index contributed by atoms with van der Waals surface area (Å²) in [4.78, 5) is 38.4. The summed E-state index contributed by atoms with van der Waals surface area (Å²) in [5.74, 6) is 2.18. The van der Waals surface area contributed by atoms with E-state index in [0.717, 1.165) is 122 Å². The fourth-order valence-corrected chi connectivity index (χ4v) is 19.0.